The van der Waals surface area contributed by atoms with Crippen molar-refractivity contribution in [3.05, 3.63) is 70.7 Å². The van der Waals surface area contributed by atoms with Crippen molar-refractivity contribution in [1.82, 2.24) is 9.88 Å². The highest BCUT2D eigenvalue weighted by Gasteiger charge is 2.27. The SMILES string of the molecule is CN1CCc2nc3sc(C(=O)Nc4ccc(O)cc4)c(N)c3c(-c3ccccc3)c2C1. The number of phenolic OH excluding ortho intramolecular Hbond substituents is 1. The van der Waals surface area contributed by atoms with Gasteiger partial charge in [-0.3, -0.25) is 4.79 Å². The summed E-state index contributed by atoms with van der Waals surface area (Å²) in [6.07, 6.45) is 0.869. The molecule has 0 bridgehead atoms. The third-order valence-electron chi connectivity index (χ3n) is 5.62. The Kier molecular flexibility index (Phi) is 4.84. The second kappa shape index (κ2) is 7.68. The van der Waals surface area contributed by atoms with Gasteiger partial charge in [0.25, 0.3) is 5.91 Å². The number of likely N-dealkylation sites (N-methyl/N-ethyl adjacent to an activating group) is 1. The first-order chi connectivity index (χ1) is 15.0. The molecule has 0 aliphatic carbocycles. The zero-order valence-corrected chi connectivity index (χ0v) is 17.9. The van der Waals surface area contributed by atoms with Crippen molar-refractivity contribution < 1.29 is 9.90 Å². The monoisotopic (exact) mass is 430 g/mol. The molecular weight excluding hydrogens is 408 g/mol. The van der Waals surface area contributed by atoms with E-state index >= 15 is 0 Å². The number of aromatic nitrogens is 1. The normalized spacial score (nSPS) is 13.8. The number of pyridine rings is 1. The van der Waals surface area contributed by atoms with Crippen LogP contribution in [-0.2, 0) is 13.0 Å². The molecule has 4 N–H and O–H groups in total. The van der Waals surface area contributed by atoms with Gasteiger partial charge in [-0.1, -0.05) is 30.3 Å². The second-order valence-electron chi connectivity index (χ2n) is 7.79. The molecule has 3 heterocycles. The number of phenols is 1. The molecule has 4 aromatic rings. The van der Waals surface area contributed by atoms with Crippen LogP contribution < -0.4 is 11.1 Å². The summed E-state index contributed by atoms with van der Waals surface area (Å²) in [7, 11) is 2.11. The van der Waals surface area contributed by atoms with Crippen LogP contribution in [0, 0.1) is 0 Å². The van der Waals surface area contributed by atoms with Crippen molar-refractivity contribution in [2.75, 3.05) is 24.6 Å². The molecule has 1 aliphatic heterocycles. The fourth-order valence-corrected chi connectivity index (χ4v) is 5.10. The zero-order valence-electron chi connectivity index (χ0n) is 17.1. The van der Waals surface area contributed by atoms with Gasteiger partial charge >= 0.3 is 0 Å². The van der Waals surface area contributed by atoms with Gasteiger partial charge in [0.2, 0.25) is 0 Å². The summed E-state index contributed by atoms with van der Waals surface area (Å²) in [4.78, 5) is 21.5. The van der Waals surface area contributed by atoms with Crippen LogP contribution >= 0.6 is 11.3 Å². The number of nitrogens with one attached hydrogen (secondary N) is 1. The number of hydrogen-bond acceptors (Lipinski definition) is 6. The van der Waals surface area contributed by atoms with Crippen LogP contribution in [0.3, 0.4) is 0 Å². The molecule has 1 amide bonds. The number of rotatable bonds is 3. The minimum Gasteiger partial charge on any atom is -0.508 e. The van der Waals surface area contributed by atoms with Crippen molar-refractivity contribution in [3.8, 4) is 16.9 Å². The van der Waals surface area contributed by atoms with Crippen molar-refractivity contribution in [2.24, 2.45) is 0 Å². The molecule has 5 rings (SSSR count). The molecular formula is C24H22N4O2S. The molecule has 0 atom stereocenters. The number of nitrogens with zero attached hydrogens (tertiary/aromatic N) is 2. The quantitative estimate of drug-likeness (QED) is 0.417. The Hall–Kier alpha value is -3.42. The lowest BCUT2D eigenvalue weighted by Gasteiger charge is -2.27. The number of benzene rings is 2. The largest absolute Gasteiger partial charge is 0.508 e. The van der Waals surface area contributed by atoms with E-state index in [0.29, 0.717) is 16.3 Å². The zero-order chi connectivity index (χ0) is 21.5. The van der Waals surface area contributed by atoms with Crippen LogP contribution in [0.2, 0.25) is 0 Å². The Balaban J connectivity index is 1.67. The molecule has 6 nitrogen and oxygen atoms in total. The van der Waals surface area contributed by atoms with Crippen LogP contribution in [0.4, 0.5) is 11.4 Å². The summed E-state index contributed by atoms with van der Waals surface area (Å²) in [5.74, 6) is -0.132. The highest BCUT2D eigenvalue weighted by Crippen LogP contribution is 2.43. The number of thiophene rings is 1. The standard InChI is InChI=1S/C24H22N4O2S/c1-28-12-11-18-17(13-28)19(14-5-3-2-4-6-14)20-21(25)22(31-24(20)27-18)23(30)26-15-7-9-16(29)10-8-15/h2-10,29H,11-13,25H2,1H3,(H,26,30). The predicted octanol–water partition coefficient (Wildman–Crippen LogP) is 4.49. The Labute approximate surface area is 184 Å². The van der Waals surface area contributed by atoms with Gasteiger partial charge in [-0.05, 0) is 42.4 Å². The highest BCUT2D eigenvalue weighted by molar-refractivity contribution is 7.21. The Morgan fingerprint density at radius 1 is 1.16 bits per heavy atom. The Morgan fingerprint density at radius 2 is 1.90 bits per heavy atom. The van der Waals surface area contributed by atoms with Gasteiger partial charge in [-0.25, -0.2) is 4.98 Å². The first kappa shape index (κ1) is 19.5. The van der Waals surface area contributed by atoms with Gasteiger partial charge < -0.3 is 21.1 Å². The van der Waals surface area contributed by atoms with E-state index in [-0.39, 0.29) is 11.7 Å². The maximum Gasteiger partial charge on any atom is 0.267 e. The maximum atomic E-state index is 13.0. The highest BCUT2D eigenvalue weighted by atomic mass is 32.1. The van der Waals surface area contributed by atoms with E-state index in [1.54, 1.807) is 12.1 Å². The molecule has 0 saturated heterocycles. The lowest BCUT2D eigenvalue weighted by atomic mass is 9.92. The van der Waals surface area contributed by atoms with E-state index in [0.717, 1.165) is 46.5 Å². The van der Waals surface area contributed by atoms with Crippen LogP contribution in [0.25, 0.3) is 21.3 Å². The van der Waals surface area contributed by atoms with Crippen LogP contribution in [0.1, 0.15) is 20.9 Å². The van der Waals surface area contributed by atoms with Crippen molar-refractivity contribution in [3.63, 3.8) is 0 Å². The van der Waals surface area contributed by atoms with Crippen molar-refractivity contribution in [1.29, 1.82) is 0 Å². The van der Waals surface area contributed by atoms with E-state index in [4.69, 9.17) is 10.7 Å². The molecule has 31 heavy (non-hydrogen) atoms. The topological polar surface area (TPSA) is 91.5 Å². The second-order valence-corrected chi connectivity index (χ2v) is 8.79. The van der Waals surface area contributed by atoms with E-state index in [9.17, 15) is 9.90 Å². The molecule has 2 aromatic carbocycles. The minimum absolute atomic E-state index is 0.145. The average molecular weight is 431 g/mol. The number of hydrogen-bond donors (Lipinski definition) is 3. The number of amides is 1. The van der Waals surface area contributed by atoms with Gasteiger partial charge in [0.05, 0.1) is 5.69 Å². The van der Waals surface area contributed by atoms with Crippen molar-refractivity contribution in [2.45, 2.75) is 13.0 Å². The minimum atomic E-state index is -0.278. The smallest absolute Gasteiger partial charge is 0.267 e. The van der Waals surface area contributed by atoms with E-state index in [1.807, 2.05) is 18.2 Å². The van der Waals surface area contributed by atoms with Gasteiger partial charge in [-0.2, -0.15) is 0 Å². The first-order valence-electron chi connectivity index (χ1n) is 10.1. The third-order valence-corrected chi connectivity index (χ3v) is 6.71. The molecule has 0 spiro atoms. The van der Waals surface area contributed by atoms with E-state index in [1.165, 1.54) is 29.0 Å². The summed E-state index contributed by atoms with van der Waals surface area (Å²) in [5, 5.41) is 13.2. The molecule has 0 fully saturated rings. The molecule has 7 heteroatoms. The number of nitrogen functional groups attached to an aromatic ring is 1. The fraction of sp³-hybridized carbons (Fsp3) is 0.167. The fourth-order valence-electron chi connectivity index (χ4n) is 4.08. The number of carbonyl (C=O) groups is 1. The van der Waals surface area contributed by atoms with Crippen LogP contribution in [0.15, 0.2) is 54.6 Å². The first-order valence-corrected chi connectivity index (χ1v) is 10.9. The summed E-state index contributed by atoms with van der Waals surface area (Å²) in [6, 6.07) is 16.6. The van der Waals surface area contributed by atoms with Gasteiger partial charge in [-0.15, -0.1) is 11.3 Å². The summed E-state index contributed by atoms with van der Waals surface area (Å²) in [6.45, 7) is 1.75. The van der Waals surface area contributed by atoms with Gasteiger partial charge in [0.15, 0.2) is 0 Å². The van der Waals surface area contributed by atoms with Gasteiger partial charge in [0, 0.05) is 41.8 Å². The van der Waals surface area contributed by atoms with Crippen molar-refractivity contribution >= 4 is 38.8 Å². The number of aromatic hydroxyl groups is 1. The number of carbonyl (C=O) groups excluding carboxylic acids is 1. The molecule has 0 saturated carbocycles. The third kappa shape index (κ3) is 3.52. The summed E-state index contributed by atoms with van der Waals surface area (Å²) < 4.78 is 0. The van der Waals surface area contributed by atoms with Crippen LogP contribution in [-0.4, -0.2) is 34.5 Å². The lowest BCUT2D eigenvalue weighted by Crippen LogP contribution is -2.27. The summed E-state index contributed by atoms with van der Waals surface area (Å²) in [5.41, 5.74) is 12.0. The molecule has 156 valence electrons. The van der Waals surface area contributed by atoms with E-state index in [2.05, 4.69) is 29.4 Å². The molecule has 0 radical (unpaired) electrons. The lowest BCUT2D eigenvalue weighted by molar-refractivity contribution is 0.103. The number of nitrogens with two attached hydrogens (primary N) is 1. The Bertz CT molecular complexity index is 1280. The van der Waals surface area contributed by atoms with E-state index < -0.39 is 0 Å². The molecule has 1 aliphatic rings. The average Bonchev–Trinajstić information content (AvgIpc) is 3.10. The Morgan fingerprint density at radius 3 is 2.65 bits per heavy atom. The maximum absolute atomic E-state index is 13.0. The molecule has 0 unspecified atom stereocenters. The predicted molar refractivity (Wildman–Crippen MR) is 126 cm³/mol. The van der Waals surface area contributed by atoms with Crippen LogP contribution in [0.5, 0.6) is 5.75 Å². The van der Waals surface area contributed by atoms with Gasteiger partial charge in [0.1, 0.15) is 15.5 Å². The number of anilines is 2. The summed E-state index contributed by atoms with van der Waals surface area (Å²) >= 11 is 1.33. The molecule has 2 aromatic heterocycles. The number of fused-ring (bicyclic) bond motifs is 2.